The second-order valence-electron chi connectivity index (χ2n) is 5.13. The van der Waals surface area contributed by atoms with E-state index in [1.54, 1.807) is 6.92 Å². The summed E-state index contributed by atoms with van der Waals surface area (Å²) < 4.78 is 13.8. The molecule has 1 aliphatic heterocycles. The van der Waals surface area contributed by atoms with Crippen molar-refractivity contribution in [3.05, 3.63) is 29.0 Å². The second-order valence-corrected chi connectivity index (χ2v) is 5.53. The Kier molecular flexibility index (Phi) is 4.67. The van der Waals surface area contributed by atoms with E-state index in [1.807, 2.05) is 0 Å². The molecule has 1 fully saturated rings. The van der Waals surface area contributed by atoms with E-state index in [1.165, 1.54) is 23.1 Å². The molecule has 2 unspecified atom stereocenters. The molecule has 5 nitrogen and oxygen atoms in total. The number of hydrogen-bond donors (Lipinski definition) is 2. The molecule has 0 saturated carbocycles. The predicted octanol–water partition coefficient (Wildman–Crippen LogP) is 3.20. The van der Waals surface area contributed by atoms with Gasteiger partial charge in [0.2, 0.25) is 0 Å². The molecular weight excluding hydrogens is 299 g/mol. The Hall–Kier alpha value is -1.82. The molecule has 0 bridgehead atoms. The third-order valence-electron chi connectivity index (χ3n) is 3.64. The Bertz CT molecular complexity index is 567. The van der Waals surface area contributed by atoms with Gasteiger partial charge in [-0.15, -0.1) is 0 Å². The van der Waals surface area contributed by atoms with Crippen LogP contribution in [0.1, 0.15) is 19.8 Å². The molecule has 1 aromatic rings. The number of piperidine rings is 1. The zero-order chi connectivity index (χ0) is 15.6. The molecule has 0 aliphatic carbocycles. The number of amides is 2. The van der Waals surface area contributed by atoms with E-state index in [9.17, 15) is 19.1 Å². The number of carboxylic acids is 1. The summed E-state index contributed by atoms with van der Waals surface area (Å²) in [5, 5.41) is 11.6. The third-order valence-corrected chi connectivity index (χ3v) is 3.93. The van der Waals surface area contributed by atoms with Crippen molar-refractivity contribution in [2.24, 2.45) is 5.92 Å². The van der Waals surface area contributed by atoms with E-state index in [0.717, 1.165) is 12.8 Å². The number of nitrogens with one attached hydrogen (secondary N) is 1. The summed E-state index contributed by atoms with van der Waals surface area (Å²) in [5.74, 6) is -1.93. The normalized spacial score (nSPS) is 22.0. The number of aliphatic carboxylic acids is 1. The van der Waals surface area contributed by atoms with Gasteiger partial charge >= 0.3 is 12.0 Å². The summed E-state index contributed by atoms with van der Waals surface area (Å²) in [4.78, 5) is 24.8. The molecule has 7 heteroatoms. The van der Waals surface area contributed by atoms with E-state index in [0.29, 0.717) is 6.54 Å². The quantitative estimate of drug-likeness (QED) is 0.880. The molecule has 2 rings (SSSR count). The van der Waals surface area contributed by atoms with Crippen molar-refractivity contribution in [2.75, 3.05) is 11.9 Å². The number of hydrogen-bond acceptors (Lipinski definition) is 2. The number of carbonyl (C=O) groups is 2. The van der Waals surface area contributed by atoms with Gasteiger partial charge in [0.25, 0.3) is 0 Å². The smallest absolute Gasteiger partial charge is 0.326 e. The lowest BCUT2D eigenvalue weighted by Gasteiger charge is -2.37. The first-order valence-corrected chi connectivity index (χ1v) is 7.04. The van der Waals surface area contributed by atoms with E-state index in [4.69, 9.17) is 11.6 Å². The third kappa shape index (κ3) is 3.26. The fourth-order valence-corrected chi connectivity index (χ4v) is 2.75. The SMILES string of the molecule is CC1CCCN(C(=O)Nc2cccc(Cl)c2F)C1C(=O)O. The van der Waals surface area contributed by atoms with Gasteiger partial charge in [-0.1, -0.05) is 24.6 Å². The highest BCUT2D eigenvalue weighted by atomic mass is 35.5. The summed E-state index contributed by atoms with van der Waals surface area (Å²) in [5.41, 5.74) is -0.0603. The van der Waals surface area contributed by atoms with Crippen LogP contribution in [0.5, 0.6) is 0 Å². The molecular formula is C14H16ClFN2O3. The molecule has 2 amide bonds. The lowest BCUT2D eigenvalue weighted by Crippen LogP contribution is -2.53. The lowest BCUT2D eigenvalue weighted by atomic mass is 9.91. The first-order valence-electron chi connectivity index (χ1n) is 6.66. The van der Waals surface area contributed by atoms with Gasteiger partial charge in [-0.2, -0.15) is 0 Å². The van der Waals surface area contributed by atoms with Gasteiger partial charge in [0, 0.05) is 6.54 Å². The topological polar surface area (TPSA) is 69.6 Å². The maximum absolute atomic E-state index is 13.8. The molecule has 21 heavy (non-hydrogen) atoms. The van der Waals surface area contributed by atoms with Crippen molar-refractivity contribution in [1.82, 2.24) is 4.90 Å². The Labute approximate surface area is 126 Å². The number of urea groups is 1. The van der Waals surface area contributed by atoms with E-state index >= 15 is 0 Å². The van der Waals surface area contributed by atoms with Crippen LogP contribution in [0.3, 0.4) is 0 Å². The van der Waals surface area contributed by atoms with Crippen molar-refractivity contribution in [3.63, 3.8) is 0 Å². The van der Waals surface area contributed by atoms with Crippen LogP contribution in [0.25, 0.3) is 0 Å². The van der Waals surface area contributed by atoms with E-state index in [-0.39, 0.29) is 16.6 Å². The van der Waals surface area contributed by atoms with Crippen LogP contribution in [0.4, 0.5) is 14.9 Å². The van der Waals surface area contributed by atoms with Gasteiger partial charge in [-0.3, -0.25) is 0 Å². The highest BCUT2D eigenvalue weighted by Crippen LogP contribution is 2.26. The van der Waals surface area contributed by atoms with E-state index < -0.39 is 23.9 Å². The standard InChI is InChI=1S/C14H16ClFN2O3/c1-8-4-3-7-18(12(8)13(19)20)14(21)17-10-6-2-5-9(15)11(10)16/h2,5-6,8,12H,3-4,7H2,1H3,(H,17,21)(H,19,20). The van der Waals surface area contributed by atoms with Gasteiger partial charge < -0.3 is 15.3 Å². The van der Waals surface area contributed by atoms with Gasteiger partial charge in [0.15, 0.2) is 5.82 Å². The molecule has 2 atom stereocenters. The summed E-state index contributed by atoms with van der Waals surface area (Å²) in [6, 6.07) is 2.72. The zero-order valence-electron chi connectivity index (χ0n) is 11.5. The molecule has 0 radical (unpaired) electrons. The minimum absolute atomic E-state index is 0.0603. The Morgan fingerprint density at radius 1 is 1.48 bits per heavy atom. The van der Waals surface area contributed by atoms with Crippen LogP contribution in [0.2, 0.25) is 5.02 Å². The molecule has 0 aromatic heterocycles. The van der Waals surface area contributed by atoms with Crippen LogP contribution in [0.15, 0.2) is 18.2 Å². The fraction of sp³-hybridized carbons (Fsp3) is 0.429. The highest BCUT2D eigenvalue weighted by Gasteiger charge is 2.37. The van der Waals surface area contributed by atoms with Crippen LogP contribution in [0, 0.1) is 11.7 Å². The summed E-state index contributed by atoms with van der Waals surface area (Å²) in [7, 11) is 0. The second kappa shape index (κ2) is 6.30. The van der Waals surface area contributed by atoms with Crippen molar-refractivity contribution in [1.29, 1.82) is 0 Å². The monoisotopic (exact) mass is 314 g/mol. The van der Waals surface area contributed by atoms with E-state index in [2.05, 4.69) is 5.32 Å². The first-order chi connectivity index (χ1) is 9.91. The lowest BCUT2D eigenvalue weighted by molar-refractivity contribution is -0.145. The average Bonchev–Trinajstić information content (AvgIpc) is 2.43. The molecule has 0 spiro atoms. The number of likely N-dealkylation sites (tertiary alicyclic amines) is 1. The molecule has 1 aliphatic rings. The van der Waals surface area contributed by atoms with Crippen LogP contribution in [-0.2, 0) is 4.79 Å². The van der Waals surface area contributed by atoms with Crippen LogP contribution in [-0.4, -0.2) is 34.6 Å². The van der Waals surface area contributed by atoms with Crippen molar-refractivity contribution >= 4 is 29.3 Å². The van der Waals surface area contributed by atoms with Gasteiger partial charge in [0.1, 0.15) is 6.04 Å². The van der Waals surface area contributed by atoms with Crippen LogP contribution < -0.4 is 5.32 Å². The minimum Gasteiger partial charge on any atom is -0.480 e. The molecule has 2 N–H and O–H groups in total. The number of halogens is 2. The maximum Gasteiger partial charge on any atom is 0.326 e. The molecule has 1 saturated heterocycles. The largest absolute Gasteiger partial charge is 0.480 e. The first kappa shape index (κ1) is 15.6. The average molecular weight is 315 g/mol. The number of carboxylic acid groups (broad SMARTS) is 1. The fourth-order valence-electron chi connectivity index (χ4n) is 2.58. The number of anilines is 1. The summed E-state index contributed by atoms with van der Waals surface area (Å²) >= 11 is 5.65. The van der Waals surface area contributed by atoms with Crippen LogP contribution >= 0.6 is 11.6 Å². The Balaban J connectivity index is 2.18. The van der Waals surface area contributed by atoms with Crippen molar-refractivity contribution in [3.8, 4) is 0 Å². The predicted molar refractivity (Wildman–Crippen MR) is 77.0 cm³/mol. The minimum atomic E-state index is -1.05. The number of nitrogens with zero attached hydrogens (tertiary/aromatic N) is 1. The molecule has 114 valence electrons. The Morgan fingerprint density at radius 3 is 2.86 bits per heavy atom. The van der Waals surface area contributed by atoms with Gasteiger partial charge in [-0.05, 0) is 30.9 Å². The number of carbonyl (C=O) groups excluding carboxylic acids is 1. The summed E-state index contributed by atoms with van der Waals surface area (Å²) in [6.07, 6.45) is 1.46. The zero-order valence-corrected chi connectivity index (χ0v) is 12.2. The summed E-state index contributed by atoms with van der Waals surface area (Å²) in [6.45, 7) is 2.12. The molecule has 1 heterocycles. The molecule has 1 aromatic carbocycles. The van der Waals surface area contributed by atoms with Crippen molar-refractivity contribution in [2.45, 2.75) is 25.8 Å². The number of benzene rings is 1. The van der Waals surface area contributed by atoms with Gasteiger partial charge in [0.05, 0.1) is 10.7 Å². The highest BCUT2D eigenvalue weighted by molar-refractivity contribution is 6.31. The number of rotatable bonds is 2. The Morgan fingerprint density at radius 2 is 2.19 bits per heavy atom. The van der Waals surface area contributed by atoms with Gasteiger partial charge in [-0.25, -0.2) is 14.0 Å². The maximum atomic E-state index is 13.8. The van der Waals surface area contributed by atoms with Crippen molar-refractivity contribution < 1.29 is 19.1 Å².